The van der Waals surface area contributed by atoms with E-state index in [4.69, 9.17) is 0 Å². The van der Waals surface area contributed by atoms with Gasteiger partial charge in [0.2, 0.25) is 5.91 Å². The highest BCUT2D eigenvalue weighted by atomic mass is 35.5. The Labute approximate surface area is 99.9 Å². The van der Waals surface area contributed by atoms with Crippen molar-refractivity contribution in [2.75, 3.05) is 26.2 Å². The number of rotatable bonds is 2. The number of hydrogen-bond acceptors (Lipinski definition) is 3. The lowest BCUT2D eigenvalue weighted by Crippen LogP contribution is -2.46. The largest absolute Gasteiger partial charge is 0.340 e. The molecule has 1 N–H and O–H groups in total. The van der Waals surface area contributed by atoms with Gasteiger partial charge in [0.1, 0.15) is 0 Å². The second-order valence-corrected chi connectivity index (χ2v) is 4.22. The first kappa shape index (κ1) is 12.5. The molecule has 15 heavy (non-hydrogen) atoms. The van der Waals surface area contributed by atoms with Crippen molar-refractivity contribution in [3.63, 3.8) is 0 Å². The number of thiophene rings is 1. The normalized spacial score (nSPS) is 15.9. The molecule has 0 radical (unpaired) electrons. The molecule has 0 spiro atoms. The molecule has 1 saturated heterocycles. The molecule has 0 saturated carbocycles. The molecule has 2 rings (SSSR count). The molecule has 3 nitrogen and oxygen atoms in total. The van der Waals surface area contributed by atoms with Crippen LogP contribution >= 0.6 is 23.7 Å². The van der Waals surface area contributed by atoms with Crippen LogP contribution in [-0.2, 0) is 11.2 Å². The summed E-state index contributed by atoms with van der Waals surface area (Å²) in [5, 5.41) is 7.29. The highest BCUT2D eigenvalue weighted by Crippen LogP contribution is 2.08. The molecule has 1 aromatic heterocycles. The average Bonchev–Trinajstić information content (AvgIpc) is 2.72. The van der Waals surface area contributed by atoms with Gasteiger partial charge in [0.25, 0.3) is 0 Å². The average molecular weight is 247 g/mol. The third-order valence-corrected chi connectivity index (χ3v) is 3.14. The maximum atomic E-state index is 11.8. The molecule has 1 fully saturated rings. The molecule has 5 heteroatoms. The zero-order valence-corrected chi connectivity index (χ0v) is 10.1. The Morgan fingerprint density at radius 3 is 2.80 bits per heavy atom. The smallest absolute Gasteiger partial charge is 0.227 e. The van der Waals surface area contributed by atoms with Crippen LogP contribution in [0.25, 0.3) is 0 Å². The van der Waals surface area contributed by atoms with Crippen LogP contribution in [0, 0.1) is 0 Å². The summed E-state index contributed by atoms with van der Waals surface area (Å²) >= 11 is 1.65. The van der Waals surface area contributed by atoms with Crippen molar-refractivity contribution in [1.82, 2.24) is 10.2 Å². The number of nitrogens with zero attached hydrogens (tertiary/aromatic N) is 1. The predicted octanol–water partition coefficient (Wildman–Crippen LogP) is 1.14. The number of piperazine rings is 1. The molecule has 2 heterocycles. The number of hydrogen-bond donors (Lipinski definition) is 1. The first-order valence-electron chi connectivity index (χ1n) is 4.86. The van der Waals surface area contributed by atoms with Crippen molar-refractivity contribution in [1.29, 1.82) is 0 Å². The van der Waals surface area contributed by atoms with Gasteiger partial charge in [0, 0.05) is 26.2 Å². The fourth-order valence-electron chi connectivity index (χ4n) is 1.59. The van der Waals surface area contributed by atoms with Crippen LogP contribution < -0.4 is 5.32 Å². The summed E-state index contributed by atoms with van der Waals surface area (Å²) in [6, 6.07) is 2.02. The van der Waals surface area contributed by atoms with E-state index in [2.05, 4.69) is 5.32 Å². The van der Waals surface area contributed by atoms with E-state index < -0.39 is 0 Å². The van der Waals surface area contributed by atoms with Gasteiger partial charge in [-0.2, -0.15) is 11.3 Å². The Kier molecular flexibility index (Phi) is 5.08. The van der Waals surface area contributed by atoms with Crippen LogP contribution in [0.15, 0.2) is 16.8 Å². The maximum Gasteiger partial charge on any atom is 0.227 e. The van der Waals surface area contributed by atoms with E-state index in [1.165, 1.54) is 0 Å². The van der Waals surface area contributed by atoms with E-state index in [9.17, 15) is 4.79 Å². The number of nitrogens with one attached hydrogen (secondary N) is 1. The third-order valence-electron chi connectivity index (χ3n) is 2.41. The van der Waals surface area contributed by atoms with Crippen LogP contribution in [-0.4, -0.2) is 37.0 Å². The van der Waals surface area contributed by atoms with Crippen molar-refractivity contribution in [3.8, 4) is 0 Å². The molecule has 1 amide bonds. The Morgan fingerprint density at radius 1 is 1.47 bits per heavy atom. The van der Waals surface area contributed by atoms with Gasteiger partial charge in [0.15, 0.2) is 0 Å². The van der Waals surface area contributed by atoms with Gasteiger partial charge in [-0.1, -0.05) is 0 Å². The number of carbonyl (C=O) groups is 1. The Bertz CT molecular complexity index is 296. The zero-order valence-electron chi connectivity index (χ0n) is 8.44. The molecule has 0 bridgehead atoms. The van der Waals surface area contributed by atoms with Crippen LogP contribution in [0.1, 0.15) is 5.56 Å². The third kappa shape index (κ3) is 3.48. The predicted molar refractivity (Wildman–Crippen MR) is 64.7 cm³/mol. The van der Waals surface area contributed by atoms with Crippen molar-refractivity contribution in [3.05, 3.63) is 22.4 Å². The fraction of sp³-hybridized carbons (Fsp3) is 0.500. The molecule has 0 aliphatic carbocycles. The quantitative estimate of drug-likeness (QED) is 0.849. The molecule has 1 aliphatic heterocycles. The number of amides is 1. The topological polar surface area (TPSA) is 32.3 Å². The van der Waals surface area contributed by atoms with Crippen molar-refractivity contribution in [2.24, 2.45) is 0 Å². The molecule has 1 aromatic rings. The van der Waals surface area contributed by atoms with Gasteiger partial charge in [-0.15, -0.1) is 12.4 Å². The summed E-state index contributed by atoms with van der Waals surface area (Å²) in [7, 11) is 0. The van der Waals surface area contributed by atoms with Gasteiger partial charge < -0.3 is 10.2 Å². The summed E-state index contributed by atoms with van der Waals surface area (Å²) in [5.74, 6) is 0.255. The maximum absolute atomic E-state index is 11.8. The lowest BCUT2D eigenvalue weighted by molar-refractivity contribution is -0.131. The van der Waals surface area contributed by atoms with Crippen molar-refractivity contribution in [2.45, 2.75) is 6.42 Å². The SMILES string of the molecule is Cl.O=C(Cc1ccsc1)N1CCNCC1. The van der Waals surface area contributed by atoms with Crippen LogP contribution in [0.2, 0.25) is 0 Å². The molecule has 1 aliphatic rings. The summed E-state index contributed by atoms with van der Waals surface area (Å²) in [6.45, 7) is 3.55. The van der Waals surface area contributed by atoms with Crippen molar-refractivity contribution < 1.29 is 4.79 Å². The lowest BCUT2D eigenvalue weighted by atomic mass is 10.2. The van der Waals surface area contributed by atoms with Crippen molar-refractivity contribution >= 4 is 29.7 Å². The van der Waals surface area contributed by atoms with E-state index in [1.54, 1.807) is 11.3 Å². The lowest BCUT2D eigenvalue weighted by Gasteiger charge is -2.27. The van der Waals surface area contributed by atoms with Crippen LogP contribution in [0.3, 0.4) is 0 Å². The summed E-state index contributed by atoms with van der Waals surface area (Å²) in [6.07, 6.45) is 0.559. The molecule has 0 atom stereocenters. The highest BCUT2D eigenvalue weighted by Gasteiger charge is 2.15. The van der Waals surface area contributed by atoms with Gasteiger partial charge in [-0.25, -0.2) is 0 Å². The van der Waals surface area contributed by atoms with E-state index in [1.807, 2.05) is 21.7 Å². The second kappa shape index (κ2) is 6.10. The van der Waals surface area contributed by atoms with E-state index in [0.29, 0.717) is 6.42 Å². The first-order valence-corrected chi connectivity index (χ1v) is 5.80. The summed E-state index contributed by atoms with van der Waals surface area (Å²) in [4.78, 5) is 13.7. The van der Waals surface area contributed by atoms with E-state index >= 15 is 0 Å². The molecular formula is C10H15ClN2OS. The number of carbonyl (C=O) groups excluding carboxylic acids is 1. The van der Waals surface area contributed by atoms with Gasteiger partial charge in [0.05, 0.1) is 6.42 Å². The first-order chi connectivity index (χ1) is 6.86. The minimum atomic E-state index is 0. The minimum Gasteiger partial charge on any atom is -0.340 e. The summed E-state index contributed by atoms with van der Waals surface area (Å²) in [5.41, 5.74) is 1.14. The molecule has 84 valence electrons. The molecule has 0 unspecified atom stereocenters. The fourth-order valence-corrected chi connectivity index (χ4v) is 2.26. The van der Waals surface area contributed by atoms with Crippen LogP contribution in [0.5, 0.6) is 0 Å². The minimum absolute atomic E-state index is 0. The van der Waals surface area contributed by atoms with Gasteiger partial charge in [-0.3, -0.25) is 4.79 Å². The summed E-state index contributed by atoms with van der Waals surface area (Å²) < 4.78 is 0. The second-order valence-electron chi connectivity index (χ2n) is 3.44. The van der Waals surface area contributed by atoms with Crippen LogP contribution in [0.4, 0.5) is 0 Å². The Morgan fingerprint density at radius 2 is 2.20 bits per heavy atom. The Hall–Kier alpha value is -0.580. The number of halogens is 1. The van der Waals surface area contributed by atoms with E-state index in [0.717, 1.165) is 31.7 Å². The highest BCUT2D eigenvalue weighted by molar-refractivity contribution is 7.07. The monoisotopic (exact) mass is 246 g/mol. The van der Waals surface area contributed by atoms with Gasteiger partial charge >= 0.3 is 0 Å². The standard InChI is InChI=1S/C10H14N2OS.ClH/c13-10(7-9-1-6-14-8-9)12-4-2-11-3-5-12;/h1,6,8,11H,2-5,7H2;1H. The van der Waals surface area contributed by atoms with Gasteiger partial charge in [-0.05, 0) is 22.4 Å². The van der Waals surface area contributed by atoms with E-state index in [-0.39, 0.29) is 18.3 Å². The molecule has 0 aromatic carbocycles. The molecular weight excluding hydrogens is 232 g/mol. The Balaban J connectivity index is 0.00000112. The zero-order chi connectivity index (χ0) is 9.80.